The molecule has 2 aromatic carbocycles. The standard InChI is InChI=1S/C27H32N4O2S/c32-34(33,23-13-7-4-8-14-23)20-19-30-18-15-25-24(21-30)27(31-16-9-1-2-10-17-31)29-26(28-25)22-11-5-3-6-12-22/h3-8,11-14H,1-2,9-10,15-21H2. The van der Waals surface area contributed by atoms with Crippen LogP contribution in [-0.4, -0.2) is 55.2 Å². The zero-order valence-electron chi connectivity index (χ0n) is 19.6. The Bertz CT molecular complexity index is 1210. The summed E-state index contributed by atoms with van der Waals surface area (Å²) >= 11 is 0. The van der Waals surface area contributed by atoms with Crippen LogP contribution < -0.4 is 4.90 Å². The van der Waals surface area contributed by atoms with Crippen LogP contribution in [0.3, 0.4) is 0 Å². The van der Waals surface area contributed by atoms with Gasteiger partial charge in [-0.3, -0.25) is 4.90 Å². The molecule has 0 atom stereocenters. The third-order valence-electron chi connectivity index (χ3n) is 6.83. The Kier molecular flexibility index (Phi) is 6.92. The zero-order valence-corrected chi connectivity index (χ0v) is 20.4. The Morgan fingerprint density at radius 3 is 2.18 bits per heavy atom. The van der Waals surface area contributed by atoms with Crippen molar-refractivity contribution in [1.29, 1.82) is 0 Å². The molecule has 0 N–H and O–H groups in total. The Hall–Kier alpha value is -2.77. The van der Waals surface area contributed by atoms with Gasteiger partial charge in [-0.2, -0.15) is 0 Å². The summed E-state index contributed by atoms with van der Waals surface area (Å²) in [6.07, 6.45) is 5.69. The average molecular weight is 477 g/mol. The number of sulfone groups is 1. The van der Waals surface area contributed by atoms with Crippen molar-refractivity contribution < 1.29 is 8.42 Å². The van der Waals surface area contributed by atoms with E-state index >= 15 is 0 Å². The number of anilines is 1. The van der Waals surface area contributed by atoms with Gasteiger partial charge in [-0.15, -0.1) is 0 Å². The highest BCUT2D eigenvalue weighted by atomic mass is 32.2. The maximum absolute atomic E-state index is 12.8. The smallest absolute Gasteiger partial charge is 0.179 e. The third-order valence-corrected chi connectivity index (χ3v) is 8.54. The van der Waals surface area contributed by atoms with Gasteiger partial charge in [0.15, 0.2) is 15.7 Å². The van der Waals surface area contributed by atoms with Gasteiger partial charge in [0.25, 0.3) is 0 Å². The summed E-state index contributed by atoms with van der Waals surface area (Å²) in [6, 6.07) is 19.0. The normalized spacial score (nSPS) is 17.2. The molecule has 0 bridgehead atoms. The number of hydrogen-bond acceptors (Lipinski definition) is 6. The van der Waals surface area contributed by atoms with E-state index in [2.05, 4.69) is 21.9 Å². The van der Waals surface area contributed by atoms with Gasteiger partial charge in [0.1, 0.15) is 5.82 Å². The number of aromatic nitrogens is 2. The minimum absolute atomic E-state index is 0.119. The predicted octanol–water partition coefficient (Wildman–Crippen LogP) is 4.36. The van der Waals surface area contributed by atoms with Gasteiger partial charge in [-0.1, -0.05) is 61.4 Å². The Morgan fingerprint density at radius 1 is 0.794 bits per heavy atom. The first-order chi connectivity index (χ1) is 16.6. The monoisotopic (exact) mass is 476 g/mol. The van der Waals surface area contributed by atoms with Gasteiger partial charge in [-0.25, -0.2) is 18.4 Å². The van der Waals surface area contributed by atoms with E-state index in [9.17, 15) is 8.42 Å². The molecule has 5 rings (SSSR count). The second-order valence-electron chi connectivity index (χ2n) is 9.22. The molecule has 1 aromatic heterocycles. The quantitative estimate of drug-likeness (QED) is 0.527. The highest BCUT2D eigenvalue weighted by molar-refractivity contribution is 7.91. The van der Waals surface area contributed by atoms with Crippen LogP contribution in [0.15, 0.2) is 65.6 Å². The van der Waals surface area contributed by atoms with E-state index in [0.29, 0.717) is 18.0 Å². The van der Waals surface area contributed by atoms with Crippen LogP contribution >= 0.6 is 0 Å². The Morgan fingerprint density at radius 2 is 1.47 bits per heavy atom. The van der Waals surface area contributed by atoms with Gasteiger partial charge in [0.05, 0.1) is 16.3 Å². The lowest BCUT2D eigenvalue weighted by Crippen LogP contribution is -2.37. The van der Waals surface area contributed by atoms with Crippen LogP contribution in [0.1, 0.15) is 36.9 Å². The molecule has 2 aliphatic heterocycles. The number of nitrogens with zero attached hydrogens (tertiary/aromatic N) is 4. The molecule has 6 nitrogen and oxygen atoms in total. The van der Waals surface area contributed by atoms with E-state index in [1.165, 1.54) is 31.2 Å². The van der Waals surface area contributed by atoms with E-state index < -0.39 is 9.84 Å². The number of benzene rings is 2. The summed E-state index contributed by atoms with van der Waals surface area (Å²) in [5.74, 6) is 1.95. The minimum atomic E-state index is -3.30. The molecule has 0 radical (unpaired) electrons. The van der Waals surface area contributed by atoms with Crippen LogP contribution in [0.4, 0.5) is 5.82 Å². The molecule has 0 amide bonds. The Balaban J connectivity index is 1.41. The largest absolute Gasteiger partial charge is 0.356 e. The number of fused-ring (bicyclic) bond motifs is 1. The van der Waals surface area contributed by atoms with E-state index in [-0.39, 0.29) is 5.75 Å². The van der Waals surface area contributed by atoms with E-state index in [1.807, 2.05) is 24.3 Å². The van der Waals surface area contributed by atoms with Crippen molar-refractivity contribution in [3.63, 3.8) is 0 Å². The maximum atomic E-state index is 12.8. The summed E-state index contributed by atoms with van der Waals surface area (Å²) < 4.78 is 25.6. The van der Waals surface area contributed by atoms with Crippen molar-refractivity contribution in [2.24, 2.45) is 0 Å². The molecular weight excluding hydrogens is 444 g/mol. The zero-order chi connectivity index (χ0) is 23.4. The topological polar surface area (TPSA) is 66.4 Å². The molecule has 178 valence electrons. The highest BCUT2D eigenvalue weighted by Gasteiger charge is 2.27. The summed E-state index contributed by atoms with van der Waals surface area (Å²) in [4.78, 5) is 15.1. The molecule has 0 spiro atoms. The molecule has 0 aliphatic carbocycles. The van der Waals surface area contributed by atoms with Crippen LogP contribution in [0.5, 0.6) is 0 Å². The van der Waals surface area contributed by atoms with Gasteiger partial charge in [-0.05, 0) is 25.0 Å². The molecule has 1 saturated heterocycles. The van der Waals surface area contributed by atoms with Crippen LogP contribution in [0, 0.1) is 0 Å². The second kappa shape index (κ2) is 10.2. The number of hydrogen-bond donors (Lipinski definition) is 0. The van der Waals surface area contributed by atoms with E-state index in [4.69, 9.17) is 9.97 Å². The van der Waals surface area contributed by atoms with Crippen molar-refractivity contribution in [3.05, 3.63) is 71.9 Å². The molecule has 0 unspecified atom stereocenters. The molecule has 1 fully saturated rings. The lowest BCUT2D eigenvalue weighted by molar-refractivity contribution is 0.266. The van der Waals surface area contributed by atoms with Crippen LogP contribution in [0.25, 0.3) is 11.4 Å². The molecule has 2 aliphatic rings. The van der Waals surface area contributed by atoms with Crippen molar-refractivity contribution >= 4 is 15.7 Å². The van der Waals surface area contributed by atoms with Crippen molar-refractivity contribution in [3.8, 4) is 11.4 Å². The van der Waals surface area contributed by atoms with Crippen LogP contribution in [-0.2, 0) is 22.8 Å². The van der Waals surface area contributed by atoms with E-state index in [1.54, 1.807) is 24.3 Å². The first-order valence-electron chi connectivity index (χ1n) is 12.3. The summed E-state index contributed by atoms with van der Waals surface area (Å²) in [5.41, 5.74) is 3.32. The molecule has 7 heteroatoms. The number of rotatable bonds is 6. The van der Waals surface area contributed by atoms with Gasteiger partial charge < -0.3 is 4.90 Å². The van der Waals surface area contributed by atoms with Crippen LogP contribution in [0.2, 0.25) is 0 Å². The summed E-state index contributed by atoms with van der Waals surface area (Å²) in [6.45, 7) is 4.04. The van der Waals surface area contributed by atoms with E-state index in [0.717, 1.165) is 49.0 Å². The van der Waals surface area contributed by atoms with Crippen molar-refractivity contribution in [2.45, 2.75) is 43.5 Å². The summed E-state index contributed by atoms with van der Waals surface area (Å²) in [7, 11) is -3.30. The van der Waals surface area contributed by atoms with Gasteiger partial charge in [0.2, 0.25) is 0 Å². The predicted molar refractivity (Wildman–Crippen MR) is 136 cm³/mol. The SMILES string of the molecule is O=S(=O)(CCN1CCc2nc(-c3ccccc3)nc(N3CCCCCC3)c2C1)c1ccccc1. The van der Waals surface area contributed by atoms with Crippen molar-refractivity contribution in [2.75, 3.05) is 36.8 Å². The first kappa shape index (κ1) is 23.0. The molecule has 3 heterocycles. The van der Waals surface area contributed by atoms with Crippen molar-refractivity contribution in [1.82, 2.24) is 14.9 Å². The maximum Gasteiger partial charge on any atom is 0.179 e. The second-order valence-corrected chi connectivity index (χ2v) is 11.3. The Labute approximate surface area is 202 Å². The summed E-state index contributed by atoms with van der Waals surface area (Å²) in [5, 5.41) is 0. The first-order valence-corrected chi connectivity index (χ1v) is 14.0. The fourth-order valence-electron chi connectivity index (χ4n) is 4.90. The third kappa shape index (κ3) is 5.15. The average Bonchev–Trinajstić information content (AvgIpc) is 3.17. The molecule has 3 aromatic rings. The highest BCUT2D eigenvalue weighted by Crippen LogP contribution is 2.31. The fraction of sp³-hybridized carbons (Fsp3) is 0.407. The van der Waals surface area contributed by atoms with Gasteiger partial charge >= 0.3 is 0 Å². The minimum Gasteiger partial charge on any atom is -0.356 e. The lowest BCUT2D eigenvalue weighted by Gasteiger charge is -2.32. The lowest BCUT2D eigenvalue weighted by atomic mass is 10.0. The van der Waals surface area contributed by atoms with Gasteiger partial charge in [0, 0.05) is 50.3 Å². The fourth-order valence-corrected chi connectivity index (χ4v) is 6.20. The molecule has 0 saturated carbocycles. The molecular formula is C27H32N4O2S. The molecule has 34 heavy (non-hydrogen) atoms.